The first kappa shape index (κ1) is 21.6. The fourth-order valence-corrected chi connectivity index (χ4v) is 6.59. The van der Waals surface area contributed by atoms with Gasteiger partial charge in [-0.05, 0) is 72.8 Å². The summed E-state index contributed by atoms with van der Waals surface area (Å²) in [4.78, 5) is 0. The van der Waals surface area contributed by atoms with Crippen molar-refractivity contribution in [2.75, 3.05) is 0 Å². The van der Waals surface area contributed by atoms with E-state index in [2.05, 4.69) is 115 Å². The quantitative estimate of drug-likeness (QED) is 0.216. The summed E-state index contributed by atoms with van der Waals surface area (Å²) in [6, 6.07) is 47.5. The van der Waals surface area contributed by atoms with Crippen molar-refractivity contribution in [2.45, 2.75) is 0 Å². The van der Waals surface area contributed by atoms with Gasteiger partial charge in [-0.3, -0.25) is 0 Å². The zero-order valence-corrected chi connectivity index (χ0v) is 21.5. The Balaban J connectivity index is 1.38. The fourth-order valence-electron chi connectivity index (χ4n) is 6.59. The molecule has 0 N–H and O–H groups in total. The van der Waals surface area contributed by atoms with E-state index in [0.29, 0.717) is 5.78 Å². The van der Waals surface area contributed by atoms with E-state index in [-0.39, 0.29) is 0 Å². The first-order valence-corrected chi connectivity index (χ1v) is 13.6. The number of benzene rings is 7. The van der Waals surface area contributed by atoms with Crippen LogP contribution in [0.4, 0.5) is 0 Å². The zero-order chi connectivity index (χ0) is 26.2. The first-order valence-electron chi connectivity index (χ1n) is 13.6. The summed E-state index contributed by atoms with van der Waals surface area (Å²) in [5.41, 5.74) is 6.56. The zero-order valence-electron chi connectivity index (χ0n) is 21.5. The van der Waals surface area contributed by atoms with Gasteiger partial charge >= 0.3 is 0 Å². The maximum absolute atomic E-state index is 6.30. The van der Waals surface area contributed by atoms with Gasteiger partial charge in [-0.2, -0.15) is 0 Å². The van der Waals surface area contributed by atoms with Crippen molar-refractivity contribution < 1.29 is 8.83 Å². The number of hydrogen-bond acceptors (Lipinski definition) is 2. The molecule has 2 nitrogen and oxygen atoms in total. The van der Waals surface area contributed by atoms with Gasteiger partial charge in [-0.1, -0.05) is 115 Å². The predicted molar refractivity (Wildman–Crippen MR) is 167 cm³/mol. The van der Waals surface area contributed by atoms with E-state index < -0.39 is 0 Å². The molecule has 2 aromatic heterocycles. The third kappa shape index (κ3) is 2.93. The van der Waals surface area contributed by atoms with Crippen LogP contribution < -0.4 is 0 Å². The molecule has 0 radical (unpaired) electrons. The van der Waals surface area contributed by atoms with E-state index >= 15 is 0 Å². The molecule has 186 valence electrons. The van der Waals surface area contributed by atoms with Crippen LogP contribution in [-0.2, 0) is 0 Å². The van der Waals surface area contributed by atoms with Gasteiger partial charge in [-0.25, -0.2) is 0 Å². The molecule has 2 heteroatoms. The van der Waals surface area contributed by atoms with E-state index in [0.717, 1.165) is 32.9 Å². The molecule has 40 heavy (non-hydrogen) atoms. The van der Waals surface area contributed by atoms with Crippen LogP contribution in [0, 0.1) is 0 Å². The molecule has 0 aliphatic heterocycles. The Kier molecular flexibility index (Phi) is 4.36. The smallest absolute Gasteiger partial charge is 0.299 e. The minimum Gasteiger partial charge on any atom is -0.425 e. The minimum atomic E-state index is 0.578. The lowest BCUT2D eigenvalue weighted by atomic mass is 9.84. The van der Waals surface area contributed by atoms with Gasteiger partial charge in [0.05, 0.1) is 5.39 Å². The topological polar surface area (TPSA) is 26.3 Å². The molecule has 0 amide bonds. The van der Waals surface area contributed by atoms with Crippen molar-refractivity contribution >= 4 is 65.4 Å². The summed E-state index contributed by atoms with van der Waals surface area (Å²) in [7, 11) is 0. The third-order valence-corrected chi connectivity index (χ3v) is 8.30. The maximum atomic E-state index is 6.30. The normalized spacial score (nSPS) is 12.0. The van der Waals surface area contributed by atoms with E-state index in [4.69, 9.17) is 8.83 Å². The lowest BCUT2D eigenvalue weighted by Crippen LogP contribution is -1.91. The van der Waals surface area contributed by atoms with Gasteiger partial charge in [0, 0.05) is 10.8 Å². The molecule has 0 atom stereocenters. The van der Waals surface area contributed by atoms with Gasteiger partial charge in [0.1, 0.15) is 11.2 Å². The summed E-state index contributed by atoms with van der Waals surface area (Å²) in [6.45, 7) is 0. The number of rotatable bonds is 2. The highest BCUT2D eigenvalue weighted by Gasteiger charge is 2.20. The average molecular weight is 511 g/mol. The van der Waals surface area contributed by atoms with Crippen LogP contribution in [-0.4, -0.2) is 0 Å². The van der Waals surface area contributed by atoms with Crippen molar-refractivity contribution in [1.29, 1.82) is 0 Å². The van der Waals surface area contributed by atoms with Crippen LogP contribution >= 0.6 is 0 Å². The summed E-state index contributed by atoms with van der Waals surface area (Å²) in [6.07, 6.45) is 0. The van der Waals surface area contributed by atoms with Crippen molar-refractivity contribution in [3.05, 3.63) is 133 Å². The molecule has 0 bridgehead atoms. The van der Waals surface area contributed by atoms with E-state index in [1.165, 1.54) is 49.0 Å². The largest absolute Gasteiger partial charge is 0.425 e. The van der Waals surface area contributed by atoms with Gasteiger partial charge < -0.3 is 8.83 Å². The number of hydrogen-bond donors (Lipinski definition) is 0. The standard InChI is InChI=1S/C38H22O2/c1-2-12-25-23(10-1)11-9-18-26(25)36-29-15-5-3-13-27(29)35(28-14-4-6-16-30(28)36)24-20-21-32-34(22-24)40-38-37(32)31-17-7-8-19-33(31)39-38/h1-22H. The second kappa shape index (κ2) is 8.08. The van der Waals surface area contributed by atoms with Crippen molar-refractivity contribution in [3.8, 4) is 22.3 Å². The van der Waals surface area contributed by atoms with Gasteiger partial charge in [0.15, 0.2) is 0 Å². The molecule has 0 aliphatic carbocycles. The van der Waals surface area contributed by atoms with E-state index in [1.807, 2.05) is 18.2 Å². The van der Waals surface area contributed by atoms with Crippen molar-refractivity contribution in [1.82, 2.24) is 0 Å². The van der Waals surface area contributed by atoms with Gasteiger partial charge in [0.25, 0.3) is 5.78 Å². The van der Waals surface area contributed by atoms with Crippen molar-refractivity contribution in [2.24, 2.45) is 0 Å². The molecule has 0 spiro atoms. The van der Waals surface area contributed by atoms with Crippen LogP contribution in [0.25, 0.3) is 87.7 Å². The van der Waals surface area contributed by atoms with Crippen LogP contribution in [0.3, 0.4) is 0 Å². The molecular formula is C38H22O2. The van der Waals surface area contributed by atoms with Crippen LogP contribution in [0.2, 0.25) is 0 Å². The molecule has 7 aromatic carbocycles. The summed E-state index contributed by atoms with van der Waals surface area (Å²) in [5, 5.41) is 10.6. The van der Waals surface area contributed by atoms with Crippen LogP contribution in [0.15, 0.2) is 142 Å². The Labute approximate surface area is 229 Å². The first-order chi connectivity index (χ1) is 19.8. The van der Waals surface area contributed by atoms with E-state index in [1.54, 1.807) is 0 Å². The summed E-state index contributed by atoms with van der Waals surface area (Å²) in [5.74, 6) is 0.578. The van der Waals surface area contributed by atoms with E-state index in [9.17, 15) is 0 Å². The molecule has 9 aromatic rings. The predicted octanol–water partition coefficient (Wildman–Crippen LogP) is 11.1. The molecule has 0 saturated heterocycles. The highest BCUT2D eigenvalue weighted by molar-refractivity contribution is 6.24. The molecule has 9 rings (SSSR count). The molecule has 0 fully saturated rings. The second-order valence-electron chi connectivity index (χ2n) is 10.4. The monoisotopic (exact) mass is 510 g/mol. The average Bonchev–Trinajstić information content (AvgIpc) is 3.55. The molecule has 0 saturated carbocycles. The fraction of sp³-hybridized carbons (Fsp3) is 0. The minimum absolute atomic E-state index is 0.578. The summed E-state index contributed by atoms with van der Waals surface area (Å²) < 4.78 is 12.4. The number of furan rings is 2. The highest BCUT2D eigenvalue weighted by Crippen LogP contribution is 2.46. The Hall–Kier alpha value is -5.34. The summed E-state index contributed by atoms with van der Waals surface area (Å²) >= 11 is 0. The lowest BCUT2D eigenvalue weighted by molar-refractivity contribution is 0.524. The lowest BCUT2D eigenvalue weighted by Gasteiger charge is -2.18. The second-order valence-corrected chi connectivity index (χ2v) is 10.4. The Morgan fingerprint density at radius 2 is 0.925 bits per heavy atom. The van der Waals surface area contributed by atoms with Gasteiger partial charge in [0.2, 0.25) is 0 Å². The molecule has 0 aliphatic rings. The Bertz CT molecular complexity index is 2370. The highest BCUT2D eigenvalue weighted by atomic mass is 16.5. The SMILES string of the molecule is c1ccc2c(-c3c4ccccc4c(-c4ccc5c(c4)oc4oc6ccccc6c45)c4ccccc34)cccc2c1. The van der Waals surface area contributed by atoms with Crippen molar-refractivity contribution in [3.63, 3.8) is 0 Å². The number of fused-ring (bicyclic) bond motifs is 8. The molecule has 2 heterocycles. The van der Waals surface area contributed by atoms with Gasteiger partial charge in [-0.15, -0.1) is 0 Å². The van der Waals surface area contributed by atoms with Crippen LogP contribution in [0.5, 0.6) is 0 Å². The maximum Gasteiger partial charge on any atom is 0.299 e. The number of para-hydroxylation sites is 1. The molecular weight excluding hydrogens is 488 g/mol. The van der Waals surface area contributed by atoms with Crippen LogP contribution in [0.1, 0.15) is 0 Å². The third-order valence-electron chi connectivity index (χ3n) is 8.30. The molecule has 0 unspecified atom stereocenters. The Morgan fingerprint density at radius 1 is 0.375 bits per heavy atom. The Morgan fingerprint density at radius 3 is 1.68 bits per heavy atom.